The van der Waals surface area contributed by atoms with Crippen LogP contribution in [0.4, 0.5) is 8.78 Å². The molecule has 0 fully saturated rings. The number of nitrogens with zero attached hydrogens (tertiary/aromatic N) is 2. The van der Waals surface area contributed by atoms with Crippen molar-refractivity contribution in [1.82, 2.24) is 15.5 Å². The number of aryl methyl sites for hydroxylation is 2. The van der Waals surface area contributed by atoms with Crippen molar-refractivity contribution in [1.29, 1.82) is 0 Å². The van der Waals surface area contributed by atoms with E-state index in [1.54, 1.807) is 26.0 Å². The van der Waals surface area contributed by atoms with Crippen LogP contribution in [0.1, 0.15) is 36.4 Å². The lowest BCUT2D eigenvalue weighted by Crippen LogP contribution is -2.27. The van der Waals surface area contributed by atoms with Gasteiger partial charge in [-0.25, -0.2) is 8.78 Å². The first-order chi connectivity index (χ1) is 13.7. The number of carbonyl (C=O) groups excluding carboxylic acids is 1. The van der Waals surface area contributed by atoms with Gasteiger partial charge in [0.15, 0.2) is 0 Å². The van der Waals surface area contributed by atoms with Gasteiger partial charge in [-0.1, -0.05) is 40.5 Å². The minimum Gasteiger partial charge on any atom is -0.350 e. The maximum Gasteiger partial charge on any atom is 0.227 e. The van der Waals surface area contributed by atoms with E-state index in [-0.39, 0.29) is 46.3 Å². The Morgan fingerprint density at radius 3 is 2.66 bits per heavy atom. The van der Waals surface area contributed by atoms with Crippen molar-refractivity contribution in [3.63, 3.8) is 0 Å². The minimum absolute atomic E-state index is 0.0714. The summed E-state index contributed by atoms with van der Waals surface area (Å²) in [6.07, 6.45) is 0.268. The molecule has 0 saturated heterocycles. The molecule has 0 aliphatic rings. The van der Waals surface area contributed by atoms with Crippen LogP contribution in [0.15, 0.2) is 34.9 Å². The number of benzene rings is 2. The number of nitrogens with one attached hydrogen (secondary N) is 1. The Labute approximate surface area is 176 Å². The maximum atomic E-state index is 13.7. The lowest BCUT2D eigenvalue weighted by molar-refractivity contribution is -0.121. The topological polar surface area (TPSA) is 68.0 Å². The molecule has 9 heteroatoms. The molecule has 3 rings (SSSR count). The molecule has 0 aliphatic heterocycles. The van der Waals surface area contributed by atoms with Gasteiger partial charge in [-0.3, -0.25) is 4.79 Å². The average Bonchev–Trinajstić information content (AvgIpc) is 3.14. The van der Waals surface area contributed by atoms with E-state index in [0.717, 1.165) is 0 Å². The fourth-order valence-corrected chi connectivity index (χ4v) is 3.23. The Hall–Kier alpha value is -2.51. The van der Waals surface area contributed by atoms with Crippen molar-refractivity contribution in [3.8, 4) is 11.4 Å². The molecule has 1 amide bonds. The molecular weight excluding hydrogens is 423 g/mol. The zero-order valence-corrected chi connectivity index (χ0v) is 17.1. The zero-order valence-electron chi connectivity index (χ0n) is 15.6. The standard InChI is InChI=1S/C20H17Cl2F2N3O2/c1-10-3-4-12(7-16(10)23)20-26-19(29-27-20)6-5-18(28)25-11(2)13-8-17(24)15(22)9-14(13)21/h3-4,7-9,11H,5-6H2,1-2H3,(H,25,28). The van der Waals surface area contributed by atoms with Crippen molar-refractivity contribution < 1.29 is 18.1 Å². The molecule has 0 radical (unpaired) electrons. The van der Waals surface area contributed by atoms with Gasteiger partial charge in [0, 0.05) is 23.4 Å². The van der Waals surface area contributed by atoms with Crippen LogP contribution >= 0.6 is 23.2 Å². The summed E-state index contributed by atoms with van der Waals surface area (Å²) in [5, 5.41) is 6.73. The van der Waals surface area contributed by atoms with Crippen LogP contribution in [0.5, 0.6) is 0 Å². The van der Waals surface area contributed by atoms with Crippen molar-refractivity contribution in [2.45, 2.75) is 32.7 Å². The van der Waals surface area contributed by atoms with Crippen LogP contribution in [0.2, 0.25) is 10.0 Å². The number of amides is 1. The summed E-state index contributed by atoms with van der Waals surface area (Å²) in [6.45, 7) is 3.34. The highest BCUT2D eigenvalue weighted by Gasteiger charge is 2.17. The third-order valence-electron chi connectivity index (χ3n) is 4.35. The number of hydrogen-bond acceptors (Lipinski definition) is 4. The predicted octanol–water partition coefficient (Wildman–Crippen LogP) is 5.44. The third-order valence-corrected chi connectivity index (χ3v) is 4.96. The first-order valence-corrected chi connectivity index (χ1v) is 9.53. The Kier molecular flexibility index (Phi) is 6.49. The van der Waals surface area contributed by atoms with Gasteiger partial charge in [0.1, 0.15) is 11.6 Å². The highest BCUT2D eigenvalue weighted by Crippen LogP contribution is 2.28. The summed E-state index contributed by atoms with van der Waals surface area (Å²) < 4.78 is 32.5. The van der Waals surface area contributed by atoms with Crippen LogP contribution in [0, 0.1) is 18.6 Å². The molecule has 0 spiro atoms. The lowest BCUT2D eigenvalue weighted by Gasteiger charge is -2.16. The van der Waals surface area contributed by atoms with Crippen molar-refractivity contribution in [3.05, 3.63) is 69.0 Å². The second-order valence-corrected chi connectivity index (χ2v) is 7.37. The fourth-order valence-electron chi connectivity index (χ4n) is 2.69. The Balaban J connectivity index is 1.59. The third kappa shape index (κ3) is 5.10. The summed E-state index contributed by atoms with van der Waals surface area (Å²) in [4.78, 5) is 16.4. The molecule has 0 bridgehead atoms. The summed E-state index contributed by atoms with van der Waals surface area (Å²) in [6, 6.07) is 6.62. The summed E-state index contributed by atoms with van der Waals surface area (Å²) >= 11 is 11.8. The molecular formula is C20H17Cl2F2N3O2. The maximum absolute atomic E-state index is 13.7. The largest absolute Gasteiger partial charge is 0.350 e. The second-order valence-electron chi connectivity index (χ2n) is 6.55. The smallest absolute Gasteiger partial charge is 0.227 e. The van der Waals surface area contributed by atoms with Gasteiger partial charge in [-0.05, 0) is 43.2 Å². The van der Waals surface area contributed by atoms with E-state index in [1.165, 1.54) is 18.2 Å². The van der Waals surface area contributed by atoms with Crippen LogP contribution < -0.4 is 5.32 Å². The SMILES string of the molecule is Cc1ccc(-c2noc(CCC(=O)NC(C)c3cc(F)c(Cl)cc3Cl)n2)cc1F. The fraction of sp³-hybridized carbons (Fsp3) is 0.250. The van der Waals surface area contributed by atoms with E-state index in [9.17, 15) is 13.6 Å². The van der Waals surface area contributed by atoms with Crippen LogP contribution in [0.25, 0.3) is 11.4 Å². The van der Waals surface area contributed by atoms with E-state index < -0.39 is 11.9 Å². The van der Waals surface area contributed by atoms with Gasteiger partial charge in [0.05, 0.1) is 11.1 Å². The number of hydrogen-bond donors (Lipinski definition) is 1. The highest BCUT2D eigenvalue weighted by atomic mass is 35.5. The summed E-state index contributed by atoms with van der Waals surface area (Å²) in [5.74, 6) is -0.780. The summed E-state index contributed by atoms with van der Waals surface area (Å²) in [5.41, 5.74) is 1.42. The molecule has 1 N–H and O–H groups in total. The second kappa shape index (κ2) is 8.88. The van der Waals surface area contributed by atoms with Crippen molar-refractivity contribution in [2.75, 3.05) is 0 Å². The number of rotatable bonds is 6. The van der Waals surface area contributed by atoms with E-state index in [2.05, 4.69) is 15.5 Å². The Morgan fingerprint density at radius 2 is 1.93 bits per heavy atom. The average molecular weight is 440 g/mol. The molecule has 0 aliphatic carbocycles. The van der Waals surface area contributed by atoms with E-state index >= 15 is 0 Å². The molecule has 2 aromatic carbocycles. The first kappa shape index (κ1) is 21.2. The predicted molar refractivity (Wildman–Crippen MR) is 106 cm³/mol. The van der Waals surface area contributed by atoms with E-state index in [0.29, 0.717) is 16.7 Å². The molecule has 1 unspecified atom stereocenters. The van der Waals surface area contributed by atoms with E-state index in [4.69, 9.17) is 27.7 Å². The molecule has 1 atom stereocenters. The first-order valence-electron chi connectivity index (χ1n) is 8.77. The van der Waals surface area contributed by atoms with Gasteiger partial charge in [0.25, 0.3) is 0 Å². The molecule has 1 heterocycles. The normalized spacial score (nSPS) is 12.1. The molecule has 152 valence electrons. The molecule has 5 nitrogen and oxygen atoms in total. The molecule has 0 saturated carbocycles. The van der Waals surface area contributed by atoms with Crippen LogP contribution in [-0.2, 0) is 11.2 Å². The number of aromatic nitrogens is 2. The lowest BCUT2D eigenvalue weighted by atomic mass is 10.1. The molecule has 29 heavy (non-hydrogen) atoms. The van der Waals surface area contributed by atoms with Gasteiger partial charge < -0.3 is 9.84 Å². The van der Waals surface area contributed by atoms with Gasteiger partial charge in [0.2, 0.25) is 17.6 Å². The number of halogens is 4. The molecule has 1 aromatic heterocycles. The quantitative estimate of drug-likeness (QED) is 0.519. The van der Waals surface area contributed by atoms with Crippen LogP contribution in [-0.4, -0.2) is 16.0 Å². The van der Waals surface area contributed by atoms with Crippen molar-refractivity contribution >= 4 is 29.1 Å². The molecule has 3 aromatic rings. The zero-order chi connectivity index (χ0) is 21.1. The monoisotopic (exact) mass is 439 g/mol. The number of carbonyl (C=O) groups is 1. The minimum atomic E-state index is -0.613. The highest BCUT2D eigenvalue weighted by molar-refractivity contribution is 6.35. The summed E-state index contributed by atoms with van der Waals surface area (Å²) in [7, 11) is 0. The van der Waals surface area contributed by atoms with Crippen LogP contribution in [0.3, 0.4) is 0 Å². The van der Waals surface area contributed by atoms with Gasteiger partial charge >= 0.3 is 0 Å². The van der Waals surface area contributed by atoms with E-state index in [1.807, 2.05) is 0 Å². The van der Waals surface area contributed by atoms with Gasteiger partial charge in [-0.15, -0.1) is 0 Å². The van der Waals surface area contributed by atoms with Gasteiger partial charge in [-0.2, -0.15) is 4.98 Å². The Morgan fingerprint density at radius 1 is 1.17 bits per heavy atom. The Bertz CT molecular complexity index is 1060. The van der Waals surface area contributed by atoms with Crippen molar-refractivity contribution in [2.24, 2.45) is 0 Å².